The van der Waals surface area contributed by atoms with Crippen LogP contribution in [0.25, 0.3) is 0 Å². The maximum absolute atomic E-state index is 13.2. The highest BCUT2D eigenvalue weighted by molar-refractivity contribution is 5.92. The minimum absolute atomic E-state index is 0.110. The number of ether oxygens (including phenoxy) is 1. The van der Waals surface area contributed by atoms with E-state index in [1.165, 1.54) is 0 Å². The molecule has 0 bridgehead atoms. The summed E-state index contributed by atoms with van der Waals surface area (Å²) in [6, 6.07) is 9.26. The Hall–Kier alpha value is -1.96. The average Bonchev–Trinajstić information content (AvgIpc) is 3.31. The molecule has 4 N–H and O–H groups in total. The average molecular weight is 485 g/mol. The van der Waals surface area contributed by atoms with Crippen LogP contribution in [0.5, 0.6) is 0 Å². The number of nitrogens with zero attached hydrogens (tertiary/aromatic N) is 1. The maximum Gasteiger partial charge on any atom is 0.242 e. The molecule has 7 heteroatoms. The second-order valence-electron chi connectivity index (χ2n) is 11.5. The van der Waals surface area contributed by atoms with E-state index in [9.17, 15) is 9.59 Å². The van der Waals surface area contributed by atoms with E-state index >= 15 is 0 Å². The predicted octanol–water partition coefficient (Wildman–Crippen LogP) is 2.63. The third-order valence-electron chi connectivity index (χ3n) is 8.43. The first kappa shape index (κ1) is 26.1. The van der Waals surface area contributed by atoms with Crippen molar-refractivity contribution in [3.05, 3.63) is 35.9 Å². The van der Waals surface area contributed by atoms with E-state index in [0.717, 1.165) is 76.9 Å². The van der Waals surface area contributed by atoms with Gasteiger partial charge in [-0.05, 0) is 68.5 Å². The summed E-state index contributed by atoms with van der Waals surface area (Å²) in [4.78, 5) is 28.8. The molecule has 194 valence electrons. The van der Waals surface area contributed by atoms with Crippen LogP contribution in [0.1, 0.15) is 63.9 Å². The molecule has 0 spiro atoms. The first-order valence-electron chi connectivity index (χ1n) is 13.6. The molecule has 3 aliphatic rings. The van der Waals surface area contributed by atoms with E-state index in [4.69, 9.17) is 10.5 Å². The van der Waals surface area contributed by atoms with Gasteiger partial charge in [0.05, 0.1) is 5.54 Å². The molecule has 35 heavy (non-hydrogen) atoms. The van der Waals surface area contributed by atoms with Crippen LogP contribution < -0.4 is 16.4 Å². The SMILES string of the molecule is CC1(CN2CCC(CNC(=O)[C@@H](Cc3ccccc3)NC(=O)C3(N)CCCC3)CC2)CCOCC1. The van der Waals surface area contributed by atoms with Crippen molar-refractivity contribution in [2.75, 3.05) is 39.4 Å². The summed E-state index contributed by atoms with van der Waals surface area (Å²) in [5.41, 5.74) is 6.92. The molecule has 0 aromatic heterocycles. The van der Waals surface area contributed by atoms with Crippen LogP contribution in [0, 0.1) is 11.3 Å². The summed E-state index contributed by atoms with van der Waals surface area (Å²) in [7, 11) is 0. The van der Waals surface area contributed by atoms with Crippen LogP contribution in [0.15, 0.2) is 30.3 Å². The topological polar surface area (TPSA) is 96.7 Å². The summed E-state index contributed by atoms with van der Waals surface area (Å²) in [5, 5.41) is 6.15. The lowest BCUT2D eigenvalue weighted by atomic mass is 9.81. The van der Waals surface area contributed by atoms with Crippen molar-refractivity contribution in [3.63, 3.8) is 0 Å². The Morgan fingerprint density at radius 3 is 2.40 bits per heavy atom. The predicted molar refractivity (Wildman–Crippen MR) is 138 cm³/mol. The van der Waals surface area contributed by atoms with Gasteiger partial charge in [0.2, 0.25) is 11.8 Å². The first-order valence-corrected chi connectivity index (χ1v) is 13.6. The first-order chi connectivity index (χ1) is 16.9. The molecule has 3 fully saturated rings. The number of amides is 2. The largest absolute Gasteiger partial charge is 0.381 e. The fraction of sp³-hybridized carbons (Fsp3) is 0.714. The highest BCUT2D eigenvalue weighted by Crippen LogP contribution is 2.32. The zero-order valence-corrected chi connectivity index (χ0v) is 21.4. The summed E-state index contributed by atoms with van der Waals surface area (Å²) in [6.07, 6.45) is 8.23. The standard InChI is InChI=1S/C28H44N4O3/c1-27(13-17-35-18-14-27)21-32-15-9-23(10-16-32)20-30-25(33)24(19-22-7-3-2-4-8-22)31-26(34)28(29)11-5-6-12-28/h2-4,7-8,23-24H,5-6,9-21,29H2,1H3,(H,30,33)(H,31,34)/t24-/m1/s1. The zero-order valence-electron chi connectivity index (χ0n) is 21.4. The number of rotatable bonds is 9. The molecule has 1 aromatic carbocycles. The van der Waals surface area contributed by atoms with Gasteiger partial charge in [0.25, 0.3) is 0 Å². The molecular weight excluding hydrogens is 440 g/mol. The molecule has 7 nitrogen and oxygen atoms in total. The number of hydrogen-bond donors (Lipinski definition) is 3. The molecule has 0 radical (unpaired) electrons. The van der Waals surface area contributed by atoms with Gasteiger partial charge < -0.3 is 26.0 Å². The van der Waals surface area contributed by atoms with Gasteiger partial charge in [-0.15, -0.1) is 0 Å². The van der Waals surface area contributed by atoms with Gasteiger partial charge in [-0.2, -0.15) is 0 Å². The Kier molecular flexibility index (Phi) is 8.84. The molecule has 1 aromatic rings. The molecule has 2 amide bonds. The number of piperidine rings is 1. The van der Waals surface area contributed by atoms with E-state index < -0.39 is 11.6 Å². The van der Waals surface area contributed by atoms with Crippen LogP contribution in [-0.4, -0.2) is 67.7 Å². The van der Waals surface area contributed by atoms with Gasteiger partial charge in [0.15, 0.2) is 0 Å². The molecule has 2 saturated heterocycles. The quantitative estimate of drug-likeness (QED) is 0.501. The lowest BCUT2D eigenvalue weighted by Gasteiger charge is -2.41. The van der Waals surface area contributed by atoms with Crippen LogP contribution in [0.3, 0.4) is 0 Å². The van der Waals surface area contributed by atoms with E-state index in [1.807, 2.05) is 30.3 Å². The Morgan fingerprint density at radius 2 is 1.74 bits per heavy atom. The number of hydrogen-bond acceptors (Lipinski definition) is 5. The maximum atomic E-state index is 13.2. The highest BCUT2D eigenvalue weighted by atomic mass is 16.5. The Labute approximate surface area is 210 Å². The minimum atomic E-state index is -0.844. The van der Waals surface area contributed by atoms with Crippen molar-refractivity contribution < 1.29 is 14.3 Å². The number of carbonyl (C=O) groups excluding carboxylic acids is 2. The summed E-state index contributed by atoms with van der Waals surface area (Å²) in [5.74, 6) is 0.170. The van der Waals surface area contributed by atoms with Gasteiger partial charge in [-0.1, -0.05) is 50.1 Å². The number of carbonyl (C=O) groups is 2. The normalized spacial score (nSPS) is 23.5. The molecule has 1 aliphatic carbocycles. The van der Waals surface area contributed by atoms with Crippen molar-refractivity contribution in [1.29, 1.82) is 0 Å². The van der Waals surface area contributed by atoms with Crippen LogP contribution in [-0.2, 0) is 20.7 Å². The molecule has 4 rings (SSSR count). The van der Waals surface area contributed by atoms with E-state index in [2.05, 4.69) is 22.5 Å². The molecule has 1 saturated carbocycles. The summed E-state index contributed by atoms with van der Waals surface area (Å²) < 4.78 is 5.55. The fourth-order valence-electron chi connectivity index (χ4n) is 5.87. The third-order valence-corrected chi connectivity index (χ3v) is 8.43. The monoisotopic (exact) mass is 484 g/mol. The van der Waals surface area contributed by atoms with Crippen molar-refractivity contribution >= 4 is 11.8 Å². The molecule has 2 heterocycles. The number of likely N-dealkylation sites (tertiary alicyclic amines) is 1. The van der Waals surface area contributed by atoms with Gasteiger partial charge in [-0.25, -0.2) is 0 Å². The Balaban J connectivity index is 1.27. The number of nitrogens with two attached hydrogens (primary N) is 1. The fourth-order valence-corrected chi connectivity index (χ4v) is 5.87. The summed E-state index contributed by atoms with van der Waals surface area (Å²) in [6.45, 7) is 8.11. The van der Waals surface area contributed by atoms with Crippen LogP contribution in [0.4, 0.5) is 0 Å². The van der Waals surface area contributed by atoms with Crippen molar-refractivity contribution in [3.8, 4) is 0 Å². The molecule has 2 aliphatic heterocycles. The smallest absolute Gasteiger partial charge is 0.242 e. The van der Waals surface area contributed by atoms with E-state index in [-0.39, 0.29) is 11.8 Å². The number of nitrogens with one attached hydrogen (secondary N) is 2. The minimum Gasteiger partial charge on any atom is -0.381 e. The van der Waals surface area contributed by atoms with Gasteiger partial charge in [0, 0.05) is 32.7 Å². The van der Waals surface area contributed by atoms with Crippen molar-refractivity contribution in [2.45, 2.75) is 76.3 Å². The van der Waals surface area contributed by atoms with E-state index in [0.29, 0.717) is 37.1 Å². The Bertz CT molecular complexity index is 826. The lowest BCUT2D eigenvalue weighted by Crippen LogP contribution is -2.58. The lowest BCUT2D eigenvalue weighted by molar-refractivity contribution is -0.132. The second-order valence-corrected chi connectivity index (χ2v) is 11.5. The van der Waals surface area contributed by atoms with Gasteiger partial charge in [-0.3, -0.25) is 9.59 Å². The zero-order chi connectivity index (χ0) is 24.7. The molecule has 1 atom stereocenters. The van der Waals surface area contributed by atoms with Gasteiger partial charge in [0.1, 0.15) is 6.04 Å². The molecule has 0 unspecified atom stereocenters. The van der Waals surface area contributed by atoms with Crippen LogP contribution in [0.2, 0.25) is 0 Å². The summed E-state index contributed by atoms with van der Waals surface area (Å²) >= 11 is 0. The van der Waals surface area contributed by atoms with Gasteiger partial charge >= 0.3 is 0 Å². The molecular formula is C28H44N4O3. The second kappa shape index (κ2) is 11.8. The van der Waals surface area contributed by atoms with E-state index in [1.54, 1.807) is 0 Å². The Morgan fingerprint density at radius 1 is 1.09 bits per heavy atom. The number of benzene rings is 1. The third kappa shape index (κ3) is 7.28. The van der Waals surface area contributed by atoms with Crippen molar-refractivity contribution in [2.24, 2.45) is 17.1 Å². The highest BCUT2D eigenvalue weighted by Gasteiger charge is 2.39. The van der Waals surface area contributed by atoms with Crippen LogP contribution >= 0.6 is 0 Å². The van der Waals surface area contributed by atoms with Crippen molar-refractivity contribution in [1.82, 2.24) is 15.5 Å².